The van der Waals surface area contributed by atoms with Gasteiger partial charge in [0.1, 0.15) is 6.17 Å². The molecule has 228 valence electrons. The minimum Gasteiger partial charge on any atom is -0.366 e. The van der Waals surface area contributed by atoms with E-state index in [4.69, 9.17) is 0 Å². The minimum absolute atomic E-state index is 0.00966. The summed E-state index contributed by atoms with van der Waals surface area (Å²) in [5.41, 5.74) is 9.66. The van der Waals surface area contributed by atoms with Crippen LogP contribution in [-0.4, -0.2) is 0 Å². The predicted octanol–water partition coefficient (Wildman–Crippen LogP) is 11.5. The molecule has 2 atom stereocenters. The number of rotatable bonds is 5. The lowest BCUT2D eigenvalue weighted by atomic mass is 9.89. The molecule has 1 aliphatic rings. The number of hydrogen-bond donors (Lipinski definition) is 2. The molecular formula is C46H34N2. The Morgan fingerprint density at radius 1 is 0.396 bits per heavy atom. The van der Waals surface area contributed by atoms with E-state index >= 15 is 0 Å². The second-order valence-corrected chi connectivity index (χ2v) is 12.6. The topological polar surface area (TPSA) is 24.1 Å². The monoisotopic (exact) mass is 614 g/mol. The van der Waals surface area contributed by atoms with Gasteiger partial charge in [0.05, 0.1) is 6.04 Å². The average Bonchev–Trinajstić information content (AvgIpc) is 3.17. The van der Waals surface area contributed by atoms with E-state index in [1.807, 2.05) is 0 Å². The van der Waals surface area contributed by atoms with E-state index in [1.165, 1.54) is 71.3 Å². The second kappa shape index (κ2) is 12.0. The van der Waals surface area contributed by atoms with E-state index in [9.17, 15) is 0 Å². The lowest BCUT2D eigenvalue weighted by molar-refractivity contribution is 0.447. The van der Waals surface area contributed by atoms with Crippen LogP contribution in [0.3, 0.4) is 0 Å². The molecule has 2 N–H and O–H groups in total. The van der Waals surface area contributed by atoms with Crippen molar-refractivity contribution in [1.29, 1.82) is 0 Å². The number of hydrogen-bond acceptors (Lipinski definition) is 2. The van der Waals surface area contributed by atoms with Gasteiger partial charge in [-0.2, -0.15) is 0 Å². The van der Waals surface area contributed by atoms with Crippen LogP contribution in [0.4, 0.5) is 0 Å². The highest BCUT2D eigenvalue weighted by Gasteiger charge is 2.28. The third-order valence-electron chi connectivity index (χ3n) is 9.76. The molecule has 2 unspecified atom stereocenters. The predicted molar refractivity (Wildman–Crippen MR) is 202 cm³/mol. The summed E-state index contributed by atoms with van der Waals surface area (Å²) in [5.74, 6) is 0. The summed E-state index contributed by atoms with van der Waals surface area (Å²) in [6, 6.07) is 63.5. The standard InChI is InChI=1S/C46H34N2/c1-3-13-31(14-4-1)32-23-25-34(26-24-32)37-19-11-12-22-40(37)44-30-43(35-16-5-2-6-17-35)47-46(48-44)45-39-21-10-8-18-36(39)29-42-38-20-9-7-15-33(38)27-28-41(42)45/h1-30,43,46-48H. The van der Waals surface area contributed by atoms with Gasteiger partial charge in [-0.25, -0.2) is 0 Å². The third kappa shape index (κ3) is 5.04. The Kier molecular flexibility index (Phi) is 7.07. The van der Waals surface area contributed by atoms with Crippen LogP contribution in [0.2, 0.25) is 0 Å². The van der Waals surface area contributed by atoms with Crippen LogP contribution in [0, 0.1) is 0 Å². The van der Waals surface area contributed by atoms with Gasteiger partial charge in [0.2, 0.25) is 0 Å². The van der Waals surface area contributed by atoms with Gasteiger partial charge >= 0.3 is 0 Å². The first-order valence-electron chi connectivity index (χ1n) is 16.7. The largest absolute Gasteiger partial charge is 0.366 e. The van der Waals surface area contributed by atoms with Gasteiger partial charge in [-0.3, -0.25) is 5.32 Å². The molecule has 1 heterocycles. The first kappa shape index (κ1) is 28.3. The van der Waals surface area contributed by atoms with Gasteiger partial charge in [0.15, 0.2) is 0 Å². The quantitative estimate of drug-likeness (QED) is 0.149. The van der Waals surface area contributed by atoms with Crippen LogP contribution in [0.5, 0.6) is 0 Å². The van der Waals surface area contributed by atoms with Crippen LogP contribution in [0.15, 0.2) is 182 Å². The smallest absolute Gasteiger partial charge is 0.105 e. The zero-order valence-electron chi connectivity index (χ0n) is 26.5. The maximum atomic E-state index is 4.02. The maximum Gasteiger partial charge on any atom is 0.105 e. The molecule has 0 saturated carbocycles. The fourth-order valence-corrected chi connectivity index (χ4v) is 7.42. The van der Waals surface area contributed by atoms with Crippen molar-refractivity contribution in [2.45, 2.75) is 12.2 Å². The van der Waals surface area contributed by atoms with Crippen molar-refractivity contribution in [3.05, 3.63) is 199 Å². The van der Waals surface area contributed by atoms with Crippen LogP contribution >= 0.6 is 0 Å². The van der Waals surface area contributed by atoms with Crippen LogP contribution in [0.1, 0.15) is 28.9 Å². The van der Waals surface area contributed by atoms with E-state index in [0.717, 1.165) is 5.70 Å². The highest BCUT2D eigenvalue weighted by atomic mass is 15.2. The molecule has 0 bridgehead atoms. The summed E-state index contributed by atoms with van der Waals surface area (Å²) >= 11 is 0. The van der Waals surface area contributed by atoms with Gasteiger partial charge in [-0.1, -0.05) is 170 Å². The zero-order valence-corrected chi connectivity index (χ0v) is 26.5. The van der Waals surface area contributed by atoms with Crippen molar-refractivity contribution in [3.8, 4) is 22.3 Å². The van der Waals surface area contributed by atoms with Gasteiger partial charge in [-0.05, 0) is 72.3 Å². The zero-order chi connectivity index (χ0) is 31.9. The molecule has 0 spiro atoms. The van der Waals surface area contributed by atoms with E-state index in [2.05, 4.69) is 193 Å². The Morgan fingerprint density at radius 2 is 1.00 bits per heavy atom. The van der Waals surface area contributed by atoms with Crippen LogP contribution < -0.4 is 10.6 Å². The molecule has 0 radical (unpaired) electrons. The molecular weight excluding hydrogens is 581 g/mol. The molecule has 0 aliphatic carbocycles. The first-order chi connectivity index (χ1) is 23.8. The normalized spacial score (nSPS) is 16.1. The van der Waals surface area contributed by atoms with Crippen molar-refractivity contribution in [2.75, 3.05) is 0 Å². The highest BCUT2D eigenvalue weighted by Crippen LogP contribution is 2.40. The molecule has 0 saturated heterocycles. The van der Waals surface area contributed by atoms with E-state index in [1.54, 1.807) is 0 Å². The Labute approximate surface area is 281 Å². The van der Waals surface area contributed by atoms with Gasteiger partial charge in [0, 0.05) is 16.8 Å². The van der Waals surface area contributed by atoms with Gasteiger partial charge in [-0.15, -0.1) is 0 Å². The number of fused-ring (bicyclic) bond motifs is 4. The molecule has 9 rings (SSSR count). The summed E-state index contributed by atoms with van der Waals surface area (Å²) in [6.07, 6.45) is 2.21. The van der Waals surface area contributed by atoms with E-state index < -0.39 is 0 Å². The third-order valence-corrected chi connectivity index (χ3v) is 9.76. The summed E-state index contributed by atoms with van der Waals surface area (Å²) < 4.78 is 0. The summed E-state index contributed by atoms with van der Waals surface area (Å²) in [5, 5.41) is 15.6. The Hall–Kier alpha value is -5.96. The molecule has 8 aromatic rings. The molecule has 0 aromatic heterocycles. The maximum absolute atomic E-state index is 4.02. The van der Waals surface area contributed by atoms with Crippen LogP contribution in [0.25, 0.3) is 60.3 Å². The summed E-state index contributed by atoms with van der Waals surface area (Å²) in [6.45, 7) is 0. The first-order valence-corrected chi connectivity index (χ1v) is 16.7. The van der Waals surface area contributed by atoms with Crippen molar-refractivity contribution in [3.63, 3.8) is 0 Å². The molecule has 1 aliphatic heterocycles. The lowest BCUT2D eigenvalue weighted by Gasteiger charge is -2.35. The van der Waals surface area contributed by atoms with E-state index in [-0.39, 0.29) is 12.2 Å². The molecule has 2 heteroatoms. The van der Waals surface area contributed by atoms with Crippen molar-refractivity contribution >= 4 is 38.0 Å². The minimum atomic E-state index is -0.140. The lowest BCUT2D eigenvalue weighted by Crippen LogP contribution is -2.40. The Morgan fingerprint density at radius 3 is 1.79 bits per heavy atom. The molecule has 48 heavy (non-hydrogen) atoms. The average molecular weight is 615 g/mol. The Bertz CT molecular complexity index is 2440. The SMILES string of the molecule is C1=C(c2ccccc2-c2ccc(-c3ccccc3)cc2)NC(c2c3ccccc3cc3c2ccc2ccccc23)NC1c1ccccc1. The van der Waals surface area contributed by atoms with Crippen molar-refractivity contribution in [1.82, 2.24) is 10.6 Å². The highest BCUT2D eigenvalue weighted by molar-refractivity contribution is 6.14. The van der Waals surface area contributed by atoms with Gasteiger partial charge in [0.25, 0.3) is 0 Å². The van der Waals surface area contributed by atoms with Crippen molar-refractivity contribution in [2.24, 2.45) is 0 Å². The second-order valence-electron chi connectivity index (χ2n) is 12.6. The number of nitrogens with one attached hydrogen (secondary N) is 2. The van der Waals surface area contributed by atoms with Crippen molar-refractivity contribution < 1.29 is 0 Å². The molecule has 0 amide bonds. The van der Waals surface area contributed by atoms with Crippen LogP contribution in [-0.2, 0) is 0 Å². The van der Waals surface area contributed by atoms with E-state index in [0.29, 0.717) is 0 Å². The summed E-state index contributed by atoms with van der Waals surface area (Å²) in [7, 11) is 0. The fourth-order valence-electron chi connectivity index (χ4n) is 7.42. The molecule has 8 aromatic carbocycles. The molecule has 0 fully saturated rings. The fraction of sp³-hybridized carbons (Fsp3) is 0.0435. The van der Waals surface area contributed by atoms with Gasteiger partial charge < -0.3 is 5.32 Å². The summed E-state index contributed by atoms with van der Waals surface area (Å²) in [4.78, 5) is 0. The molecule has 2 nitrogen and oxygen atoms in total. The number of benzene rings is 8. The Balaban J connectivity index is 1.21.